The topological polar surface area (TPSA) is 68.5 Å². The minimum atomic E-state index is -0.0403. The van der Waals surface area contributed by atoms with E-state index in [9.17, 15) is 4.79 Å². The molecule has 2 fully saturated rings. The van der Waals surface area contributed by atoms with Crippen molar-refractivity contribution >= 4 is 5.91 Å². The number of hydrogen-bond donors (Lipinski definition) is 0. The molecule has 0 spiro atoms. The summed E-state index contributed by atoms with van der Waals surface area (Å²) in [5, 5.41) is 4.15. The highest BCUT2D eigenvalue weighted by Gasteiger charge is 2.36. The Bertz CT molecular complexity index is 812. The van der Waals surface area contributed by atoms with Gasteiger partial charge in [-0.15, -0.1) is 0 Å². The molecule has 25 heavy (non-hydrogen) atoms. The molecule has 3 heterocycles. The van der Waals surface area contributed by atoms with Crippen molar-refractivity contribution < 1.29 is 14.1 Å². The van der Waals surface area contributed by atoms with Crippen molar-refractivity contribution in [2.75, 3.05) is 13.2 Å². The zero-order valence-corrected chi connectivity index (χ0v) is 14.1. The Balaban J connectivity index is 1.31. The smallest absolute Gasteiger partial charge is 0.229 e. The average molecular weight is 339 g/mol. The van der Waals surface area contributed by atoms with Crippen molar-refractivity contribution in [1.29, 1.82) is 0 Å². The summed E-state index contributed by atoms with van der Waals surface area (Å²) in [5.41, 5.74) is 2.25. The maximum absolute atomic E-state index is 12.9. The Morgan fingerprint density at radius 3 is 3.08 bits per heavy atom. The molecule has 1 saturated heterocycles. The lowest BCUT2D eigenvalue weighted by molar-refractivity contribution is -0.131. The second-order valence-corrected chi connectivity index (χ2v) is 7.23. The van der Waals surface area contributed by atoms with Gasteiger partial charge in [-0.1, -0.05) is 17.3 Å². The molecule has 2 aliphatic heterocycles. The molecule has 1 aliphatic carbocycles. The SMILES string of the molecule is O=C(Cc1ccc2c(c1)CCO2)N1CCC[C@@H]1c1noc(C2CC2)n1. The predicted octanol–water partition coefficient (Wildman–Crippen LogP) is 2.79. The molecular formula is C19H21N3O3. The van der Waals surface area contributed by atoms with Crippen LogP contribution in [0.2, 0.25) is 0 Å². The molecule has 6 heteroatoms. The summed E-state index contributed by atoms with van der Waals surface area (Å²) in [6.07, 6.45) is 5.51. The van der Waals surface area contributed by atoms with E-state index < -0.39 is 0 Å². The third-order valence-electron chi connectivity index (χ3n) is 5.36. The lowest BCUT2D eigenvalue weighted by Gasteiger charge is -2.22. The standard InChI is InChI=1S/C19H21N3O3/c23-17(11-12-3-6-16-14(10-12)7-9-24-16)22-8-1-2-15(22)18-20-19(25-21-18)13-4-5-13/h3,6,10,13,15H,1-2,4-5,7-9,11H2/t15-/m1/s1. The lowest BCUT2D eigenvalue weighted by atomic mass is 10.1. The molecule has 130 valence electrons. The minimum Gasteiger partial charge on any atom is -0.493 e. The van der Waals surface area contributed by atoms with Gasteiger partial charge in [-0.3, -0.25) is 4.79 Å². The van der Waals surface area contributed by atoms with Crippen LogP contribution >= 0.6 is 0 Å². The van der Waals surface area contributed by atoms with E-state index in [1.54, 1.807) is 0 Å². The number of carbonyl (C=O) groups is 1. The Labute approximate surface area is 146 Å². The number of rotatable bonds is 4. The molecule has 1 aromatic heterocycles. The third kappa shape index (κ3) is 2.79. The van der Waals surface area contributed by atoms with E-state index in [4.69, 9.17) is 9.26 Å². The van der Waals surface area contributed by atoms with E-state index in [0.29, 0.717) is 18.2 Å². The highest BCUT2D eigenvalue weighted by atomic mass is 16.5. The van der Waals surface area contributed by atoms with Gasteiger partial charge in [-0.2, -0.15) is 4.98 Å². The van der Waals surface area contributed by atoms with Gasteiger partial charge in [0.15, 0.2) is 5.82 Å². The van der Waals surface area contributed by atoms with Gasteiger partial charge in [0.05, 0.1) is 19.1 Å². The summed E-state index contributed by atoms with van der Waals surface area (Å²) < 4.78 is 10.9. The number of hydrogen-bond acceptors (Lipinski definition) is 5. The van der Waals surface area contributed by atoms with Gasteiger partial charge in [0, 0.05) is 18.9 Å². The van der Waals surface area contributed by atoms with Crippen molar-refractivity contribution in [1.82, 2.24) is 15.0 Å². The molecule has 1 amide bonds. The fourth-order valence-corrected chi connectivity index (χ4v) is 3.84. The van der Waals surface area contributed by atoms with Gasteiger partial charge in [0.2, 0.25) is 11.8 Å². The molecule has 0 unspecified atom stereocenters. The van der Waals surface area contributed by atoms with Crippen LogP contribution in [0.15, 0.2) is 22.7 Å². The first-order valence-corrected chi connectivity index (χ1v) is 9.15. The first-order valence-electron chi connectivity index (χ1n) is 9.15. The summed E-state index contributed by atoms with van der Waals surface area (Å²) in [4.78, 5) is 19.3. The van der Waals surface area contributed by atoms with Gasteiger partial charge in [0.25, 0.3) is 0 Å². The molecular weight excluding hydrogens is 318 g/mol. The Hall–Kier alpha value is -2.37. The van der Waals surface area contributed by atoms with E-state index >= 15 is 0 Å². The van der Waals surface area contributed by atoms with E-state index in [1.165, 1.54) is 5.56 Å². The van der Waals surface area contributed by atoms with Crippen molar-refractivity contribution in [2.45, 2.75) is 50.5 Å². The maximum atomic E-state index is 12.9. The van der Waals surface area contributed by atoms with Gasteiger partial charge < -0.3 is 14.2 Å². The van der Waals surface area contributed by atoms with Crippen LogP contribution in [0, 0.1) is 0 Å². The zero-order valence-electron chi connectivity index (χ0n) is 14.1. The predicted molar refractivity (Wildman–Crippen MR) is 89.3 cm³/mol. The number of fused-ring (bicyclic) bond motifs is 1. The van der Waals surface area contributed by atoms with Crippen LogP contribution in [0.25, 0.3) is 0 Å². The minimum absolute atomic E-state index is 0.0403. The molecule has 0 N–H and O–H groups in total. The second-order valence-electron chi connectivity index (χ2n) is 7.23. The summed E-state index contributed by atoms with van der Waals surface area (Å²) >= 11 is 0. The van der Waals surface area contributed by atoms with Crippen molar-refractivity contribution in [3.8, 4) is 5.75 Å². The van der Waals surface area contributed by atoms with Crippen LogP contribution in [-0.4, -0.2) is 34.1 Å². The van der Waals surface area contributed by atoms with Crippen molar-refractivity contribution in [2.24, 2.45) is 0 Å². The third-order valence-corrected chi connectivity index (χ3v) is 5.36. The average Bonchev–Trinajstić information content (AvgIpc) is 3.06. The number of benzene rings is 1. The number of ether oxygens (including phenoxy) is 1. The number of nitrogens with zero attached hydrogens (tertiary/aromatic N) is 3. The molecule has 3 aliphatic rings. The highest BCUT2D eigenvalue weighted by molar-refractivity contribution is 5.79. The van der Waals surface area contributed by atoms with E-state index in [2.05, 4.69) is 16.2 Å². The van der Waals surface area contributed by atoms with E-state index in [-0.39, 0.29) is 11.9 Å². The molecule has 0 radical (unpaired) electrons. The second kappa shape index (κ2) is 5.86. The van der Waals surface area contributed by atoms with Crippen molar-refractivity contribution in [3.05, 3.63) is 41.0 Å². The number of carbonyl (C=O) groups excluding carboxylic acids is 1. The number of aromatic nitrogens is 2. The normalized spacial score (nSPS) is 22.1. The van der Waals surface area contributed by atoms with Crippen LogP contribution in [0.4, 0.5) is 0 Å². The van der Waals surface area contributed by atoms with Crippen LogP contribution in [0.5, 0.6) is 5.75 Å². The quantitative estimate of drug-likeness (QED) is 0.857. The van der Waals surface area contributed by atoms with Crippen molar-refractivity contribution in [3.63, 3.8) is 0 Å². The van der Waals surface area contributed by atoms with Gasteiger partial charge in [-0.05, 0) is 42.9 Å². The summed E-state index contributed by atoms with van der Waals surface area (Å²) in [6.45, 7) is 1.51. The van der Waals surface area contributed by atoms with Gasteiger partial charge >= 0.3 is 0 Å². The van der Waals surface area contributed by atoms with Crippen LogP contribution < -0.4 is 4.74 Å². The van der Waals surface area contributed by atoms with Crippen LogP contribution in [-0.2, 0) is 17.6 Å². The Morgan fingerprint density at radius 2 is 2.20 bits per heavy atom. The van der Waals surface area contributed by atoms with E-state index in [1.807, 2.05) is 17.0 Å². The zero-order chi connectivity index (χ0) is 16.8. The largest absolute Gasteiger partial charge is 0.493 e. The summed E-state index contributed by atoms with van der Waals surface area (Å²) in [7, 11) is 0. The lowest BCUT2D eigenvalue weighted by Crippen LogP contribution is -2.32. The van der Waals surface area contributed by atoms with E-state index in [0.717, 1.165) is 62.5 Å². The van der Waals surface area contributed by atoms with Crippen LogP contribution in [0.3, 0.4) is 0 Å². The van der Waals surface area contributed by atoms with Gasteiger partial charge in [-0.25, -0.2) is 0 Å². The Morgan fingerprint density at radius 1 is 1.28 bits per heavy atom. The first kappa shape index (κ1) is 14.9. The molecule has 1 saturated carbocycles. The molecule has 5 rings (SSSR count). The van der Waals surface area contributed by atoms with Crippen LogP contribution in [0.1, 0.15) is 60.5 Å². The summed E-state index contributed by atoms with van der Waals surface area (Å²) in [6, 6.07) is 6.03. The molecule has 0 bridgehead atoms. The fraction of sp³-hybridized carbons (Fsp3) is 0.526. The molecule has 6 nitrogen and oxygen atoms in total. The number of likely N-dealkylation sites (tertiary alicyclic amines) is 1. The molecule has 1 atom stereocenters. The number of amides is 1. The first-order chi connectivity index (χ1) is 12.3. The monoisotopic (exact) mass is 339 g/mol. The molecule has 1 aromatic carbocycles. The fourth-order valence-electron chi connectivity index (χ4n) is 3.84. The maximum Gasteiger partial charge on any atom is 0.229 e. The summed E-state index contributed by atoms with van der Waals surface area (Å²) in [5.74, 6) is 2.96. The Kier molecular flexibility index (Phi) is 3.50. The highest BCUT2D eigenvalue weighted by Crippen LogP contribution is 2.40. The van der Waals surface area contributed by atoms with Gasteiger partial charge in [0.1, 0.15) is 5.75 Å². The molecule has 2 aromatic rings.